The smallest absolute Gasteiger partial charge is 0.282 e. The Labute approximate surface area is 153 Å². The number of amides is 1. The SMILES string of the molecule is COc1ccc2nc(N3C(=O)C(=Cc4ccccc4)NC3=S)sc2c1. The molecule has 0 radical (unpaired) electrons. The number of benzene rings is 2. The maximum Gasteiger partial charge on any atom is 0.282 e. The Balaban J connectivity index is 1.70. The summed E-state index contributed by atoms with van der Waals surface area (Å²) in [6.45, 7) is 0. The van der Waals surface area contributed by atoms with Crippen molar-refractivity contribution in [3.8, 4) is 5.75 Å². The number of thiocarbonyl (C=S) groups is 1. The van der Waals surface area contributed by atoms with E-state index in [1.807, 2.05) is 48.5 Å². The lowest BCUT2D eigenvalue weighted by atomic mass is 10.2. The number of methoxy groups -OCH3 is 1. The van der Waals surface area contributed by atoms with E-state index in [2.05, 4.69) is 10.3 Å². The van der Waals surface area contributed by atoms with E-state index in [0.717, 1.165) is 21.5 Å². The standard InChI is InChI=1S/C18H13N3O2S2/c1-23-12-7-8-13-15(10-12)25-18(20-13)21-16(22)14(19-17(21)24)9-11-5-3-2-4-6-11/h2-10H,1H3,(H,19,24). The van der Waals surface area contributed by atoms with E-state index in [9.17, 15) is 4.79 Å². The summed E-state index contributed by atoms with van der Waals surface area (Å²) in [6, 6.07) is 15.2. The van der Waals surface area contributed by atoms with Gasteiger partial charge >= 0.3 is 0 Å². The summed E-state index contributed by atoms with van der Waals surface area (Å²) in [4.78, 5) is 18.7. The Kier molecular flexibility index (Phi) is 3.95. The van der Waals surface area contributed by atoms with Crippen molar-refractivity contribution in [1.29, 1.82) is 0 Å². The number of carbonyl (C=O) groups excluding carboxylic acids is 1. The van der Waals surface area contributed by atoms with Crippen molar-refractivity contribution in [2.45, 2.75) is 0 Å². The van der Waals surface area contributed by atoms with Crippen molar-refractivity contribution in [3.05, 3.63) is 59.8 Å². The van der Waals surface area contributed by atoms with E-state index >= 15 is 0 Å². The molecule has 1 aliphatic rings. The summed E-state index contributed by atoms with van der Waals surface area (Å²) in [5, 5.41) is 3.85. The van der Waals surface area contributed by atoms with Crippen LogP contribution in [0.1, 0.15) is 5.56 Å². The zero-order chi connectivity index (χ0) is 17.4. The molecular formula is C18H13N3O2S2. The number of rotatable bonds is 3. The van der Waals surface area contributed by atoms with Gasteiger partial charge in [0.1, 0.15) is 11.4 Å². The van der Waals surface area contributed by atoms with Crippen LogP contribution in [0.5, 0.6) is 5.75 Å². The number of aromatic nitrogens is 1. The Morgan fingerprint density at radius 2 is 2.04 bits per heavy atom. The average molecular weight is 367 g/mol. The van der Waals surface area contributed by atoms with Crippen LogP contribution in [0.2, 0.25) is 0 Å². The minimum absolute atomic E-state index is 0.208. The van der Waals surface area contributed by atoms with Crippen LogP contribution < -0.4 is 15.0 Å². The van der Waals surface area contributed by atoms with Crippen molar-refractivity contribution in [3.63, 3.8) is 0 Å². The maximum absolute atomic E-state index is 12.8. The predicted octanol–water partition coefficient (Wildman–Crippen LogP) is 3.57. The summed E-state index contributed by atoms with van der Waals surface area (Å²) < 4.78 is 6.17. The highest BCUT2D eigenvalue weighted by molar-refractivity contribution is 7.80. The van der Waals surface area contributed by atoms with Crippen LogP contribution in [-0.2, 0) is 4.79 Å². The van der Waals surface area contributed by atoms with Gasteiger partial charge in [-0.25, -0.2) is 9.88 Å². The van der Waals surface area contributed by atoms with Gasteiger partial charge in [-0.15, -0.1) is 0 Å². The minimum Gasteiger partial charge on any atom is -0.497 e. The van der Waals surface area contributed by atoms with Crippen molar-refractivity contribution < 1.29 is 9.53 Å². The second-order valence-corrected chi connectivity index (χ2v) is 6.77. The Morgan fingerprint density at radius 1 is 1.24 bits per heavy atom. The van der Waals surface area contributed by atoms with Gasteiger partial charge in [-0.3, -0.25) is 4.79 Å². The number of hydrogen-bond donors (Lipinski definition) is 1. The second-order valence-electron chi connectivity index (χ2n) is 5.37. The van der Waals surface area contributed by atoms with E-state index in [1.165, 1.54) is 16.2 Å². The molecule has 0 saturated carbocycles. The lowest BCUT2D eigenvalue weighted by Gasteiger charge is -2.08. The normalized spacial score (nSPS) is 15.9. The molecule has 124 valence electrons. The highest BCUT2D eigenvalue weighted by Gasteiger charge is 2.34. The van der Waals surface area contributed by atoms with E-state index < -0.39 is 0 Å². The molecule has 1 aromatic heterocycles. The van der Waals surface area contributed by atoms with Gasteiger partial charge in [0.15, 0.2) is 10.2 Å². The second kappa shape index (κ2) is 6.27. The molecule has 7 heteroatoms. The van der Waals surface area contributed by atoms with Crippen LogP contribution in [0.25, 0.3) is 16.3 Å². The largest absolute Gasteiger partial charge is 0.497 e. The first-order chi connectivity index (χ1) is 12.2. The number of fused-ring (bicyclic) bond motifs is 1. The van der Waals surface area contributed by atoms with Gasteiger partial charge < -0.3 is 10.1 Å². The Bertz CT molecular complexity index is 1010. The zero-order valence-electron chi connectivity index (χ0n) is 13.2. The predicted molar refractivity (Wildman–Crippen MR) is 104 cm³/mol. The molecule has 2 heterocycles. The monoisotopic (exact) mass is 367 g/mol. The first-order valence-corrected chi connectivity index (χ1v) is 8.75. The van der Waals surface area contributed by atoms with Crippen LogP contribution in [0.3, 0.4) is 0 Å². The molecule has 5 nitrogen and oxygen atoms in total. The lowest BCUT2D eigenvalue weighted by molar-refractivity contribution is -0.113. The highest BCUT2D eigenvalue weighted by Crippen LogP contribution is 2.33. The first-order valence-electron chi connectivity index (χ1n) is 7.52. The topological polar surface area (TPSA) is 54.5 Å². The molecule has 3 aromatic rings. The van der Waals surface area contributed by atoms with Crippen LogP contribution >= 0.6 is 23.6 Å². The Morgan fingerprint density at radius 3 is 2.80 bits per heavy atom. The third-order valence-corrected chi connectivity index (χ3v) is 5.05. The van der Waals surface area contributed by atoms with Gasteiger partial charge in [0.2, 0.25) is 0 Å². The molecule has 2 aromatic carbocycles. The zero-order valence-corrected chi connectivity index (χ0v) is 14.9. The van der Waals surface area contributed by atoms with Crippen LogP contribution in [0, 0.1) is 0 Å². The van der Waals surface area contributed by atoms with Gasteiger partial charge in [0.25, 0.3) is 5.91 Å². The van der Waals surface area contributed by atoms with Crippen molar-refractivity contribution in [1.82, 2.24) is 10.3 Å². The van der Waals surface area contributed by atoms with Crippen LogP contribution in [0.4, 0.5) is 5.13 Å². The van der Waals surface area contributed by atoms with Crippen LogP contribution in [0.15, 0.2) is 54.2 Å². The number of carbonyl (C=O) groups is 1. The molecule has 1 amide bonds. The van der Waals surface area contributed by atoms with Crippen molar-refractivity contribution in [2.75, 3.05) is 12.0 Å². The minimum atomic E-state index is -0.208. The van der Waals surface area contributed by atoms with E-state index in [1.54, 1.807) is 13.2 Å². The summed E-state index contributed by atoms with van der Waals surface area (Å²) in [7, 11) is 1.62. The average Bonchev–Trinajstić information content (AvgIpc) is 3.15. The molecule has 1 N–H and O–H groups in total. The molecule has 0 aliphatic carbocycles. The van der Waals surface area contributed by atoms with Gasteiger partial charge in [-0.2, -0.15) is 0 Å². The molecular weight excluding hydrogens is 354 g/mol. The van der Waals surface area contributed by atoms with Crippen LogP contribution in [-0.4, -0.2) is 23.1 Å². The molecule has 0 spiro atoms. The maximum atomic E-state index is 12.8. The summed E-state index contributed by atoms with van der Waals surface area (Å²) in [6.07, 6.45) is 1.78. The molecule has 0 atom stereocenters. The summed E-state index contributed by atoms with van der Waals surface area (Å²) in [5.41, 5.74) is 2.17. The molecule has 1 fully saturated rings. The number of ether oxygens (including phenoxy) is 1. The van der Waals surface area contributed by atoms with Crippen molar-refractivity contribution in [2.24, 2.45) is 0 Å². The van der Waals surface area contributed by atoms with E-state index in [4.69, 9.17) is 17.0 Å². The van der Waals surface area contributed by atoms with Gasteiger partial charge in [-0.05, 0) is 42.1 Å². The van der Waals surface area contributed by atoms with Gasteiger partial charge in [0, 0.05) is 0 Å². The molecule has 1 saturated heterocycles. The fourth-order valence-electron chi connectivity index (χ4n) is 2.54. The number of thiazole rings is 1. The fraction of sp³-hybridized carbons (Fsp3) is 0.0556. The summed E-state index contributed by atoms with van der Waals surface area (Å²) >= 11 is 6.74. The number of anilines is 1. The molecule has 4 rings (SSSR count). The molecule has 0 unspecified atom stereocenters. The quantitative estimate of drug-likeness (QED) is 0.567. The van der Waals surface area contributed by atoms with Gasteiger partial charge in [0.05, 0.1) is 17.3 Å². The third-order valence-electron chi connectivity index (χ3n) is 3.76. The highest BCUT2D eigenvalue weighted by atomic mass is 32.1. The first kappa shape index (κ1) is 15.7. The van der Waals surface area contributed by atoms with Crippen molar-refractivity contribution >= 4 is 56.0 Å². The Hall–Kier alpha value is -2.77. The van der Waals surface area contributed by atoms with E-state index in [-0.39, 0.29) is 5.91 Å². The molecule has 1 aliphatic heterocycles. The number of hydrogen-bond acceptors (Lipinski definition) is 5. The van der Waals surface area contributed by atoms with Gasteiger partial charge in [-0.1, -0.05) is 41.7 Å². The molecule has 25 heavy (non-hydrogen) atoms. The lowest BCUT2D eigenvalue weighted by Crippen LogP contribution is -2.30. The molecule has 0 bridgehead atoms. The number of nitrogens with zero attached hydrogens (tertiary/aromatic N) is 2. The van der Waals surface area contributed by atoms with E-state index in [0.29, 0.717) is 15.9 Å². The fourth-order valence-corrected chi connectivity index (χ4v) is 3.88. The number of nitrogens with one attached hydrogen (secondary N) is 1. The third kappa shape index (κ3) is 2.88. The summed E-state index contributed by atoms with van der Waals surface area (Å²) in [5.74, 6) is 0.542.